The SMILES string of the molecule is CCOCCCn1c(SCC(=O)Nc2cccc3ccccc23)nc2cc(Cl)ccc2c1=O. The fourth-order valence-corrected chi connectivity index (χ4v) is 4.59. The Morgan fingerprint density at radius 1 is 1.12 bits per heavy atom. The van der Waals surface area contributed by atoms with Crippen molar-refractivity contribution in [2.24, 2.45) is 0 Å². The Labute approximate surface area is 200 Å². The number of nitrogens with zero attached hydrogens (tertiary/aromatic N) is 2. The molecule has 0 unspecified atom stereocenters. The highest BCUT2D eigenvalue weighted by Crippen LogP contribution is 2.24. The van der Waals surface area contributed by atoms with E-state index in [2.05, 4.69) is 10.3 Å². The Balaban J connectivity index is 1.56. The first-order valence-electron chi connectivity index (χ1n) is 10.7. The minimum absolute atomic E-state index is 0.118. The van der Waals surface area contributed by atoms with Crippen LogP contribution in [0.15, 0.2) is 70.6 Å². The van der Waals surface area contributed by atoms with E-state index in [9.17, 15) is 9.59 Å². The number of anilines is 1. The largest absolute Gasteiger partial charge is 0.382 e. The van der Waals surface area contributed by atoms with Crippen LogP contribution in [-0.4, -0.2) is 34.4 Å². The lowest BCUT2D eigenvalue weighted by molar-refractivity contribution is -0.113. The van der Waals surface area contributed by atoms with Gasteiger partial charge >= 0.3 is 0 Å². The molecule has 170 valence electrons. The van der Waals surface area contributed by atoms with Crippen LogP contribution in [0.1, 0.15) is 13.3 Å². The van der Waals surface area contributed by atoms with Gasteiger partial charge in [0, 0.05) is 35.9 Å². The Morgan fingerprint density at radius 2 is 1.94 bits per heavy atom. The molecule has 0 atom stereocenters. The summed E-state index contributed by atoms with van der Waals surface area (Å²) < 4.78 is 7.03. The maximum Gasteiger partial charge on any atom is 0.262 e. The zero-order chi connectivity index (χ0) is 23.2. The molecule has 1 heterocycles. The number of amides is 1. The molecule has 0 saturated carbocycles. The van der Waals surface area contributed by atoms with E-state index in [1.54, 1.807) is 22.8 Å². The average molecular weight is 482 g/mol. The van der Waals surface area contributed by atoms with Crippen LogP contribution in [0.2, 0.25) is 5.02 Å². The third kappa shape index (κ3) is 5.55. The van der Waals surface area contributed by atoms with E-state index in [-0.39, 0.29) is 17.2 Å². The van der Waals surface area contributed by atoms with Crippen molar-refractivity contribution >= 4 is 56.6 Å². The predicted octanol–water partition coefficient (Wildman–Crippen LogP) is 5.36. The first-order valence-corrected chi connectivity index (χ1v) is 12.1. The summed E-state index contributed by atoms with van der Waals surface area (Å²) in [5.41, 5.74) is 1.13. The highest BCUT2D eigenvalue weighted by Gasteiger charge is 2.14. The molecule has 1 aromatic heterocycles. The van der Waals surface area contributed by atoms with E-state index in [1.165, 1.54) is 11.8 Å². The van der Waals surface area contributed by atoms with Gasteiger partial charge in [0.05, 0.1) is 16.7 Å². The number of ether oxygens (including phenoxy) is 1. The van der Waals surface area contributed by atoms with E-state index < -0.39 is 0 Å². The summed E-state index contributed by atoms with van der Waals surface area (Å²) in [6.45, 7) is 3.56. The van der Waals surface area contributed by atoms with Crippen LogP contribution in [0, 0.1) is 0 Å². The summed E-state index contributed by atoms with van der Waals surface area (Å²) in [6.07, 6.45) is 0.671. The molecule has 0 aliphatic carbocycles. The molecule has 33 heavy (non-hydrogen) atoms. The zero-order valence-electron chi connectivity index (χ0n) is 18.2. The van der Waals surface area contributed by atoms with Crippen molar-refractivity contribution in [3.63, 3.8) is 0 Å². The quantitative estimate of drug-likeness (QED) is 0.198. The molecule has 1 N–H and O–H groups in total. The molecule has 0 spiro atoms. The number of benzene rings is 3. The molecular weight excluding hydrogens is 458 g/mol. The highest BCUT2D eigenvalue weighted by molar-refractivity contribution is 7.99. The van der Waals surface area contributed by atoms with Crippen molar-refractivity contribution in [1.82, 2.24) is 9.55 Å². The van der Waals surface area contributed by atoms with Crippen molar-refractivity contribution in [3.8, 4) is 0 Å². The first kappa shape index (κ1) is 23.3. The molecule has 6 nitrogen and oxygen atoms in total. The van der Waals surface area contributed by atoms with Crippen molar-refractivity contribution in [2.75, 3.05) is 24.3 Å². The van der Waals surface area contributed by atoms with Crippen LogP contribution >= 0.6 is 23.4 Å². The number of aromatic nitrogens is 2. The Kier molecular flexibility index (Phi) is 7.65. The standard InChI is InChI=1S/C25H24ClN3O3S/c1-2-32-14-6-13-29-24(31)20-12-11-18(26)15-22(20)28-25(29)33-16-23(30)27-21-10-5-8-17-7-3-4-9-19(17)21/h3-5,7-12,15H,2,6,13-14,16H2,1H3,(H,27,30). The minimum atomic E-state index is -0.169. The second kappa shape index (κ2) is 10.8. The van der Waals surface area contributed by atoms with E-state index in [1.807, 2.05) is 49.4 Å². The van der Waals surface area contributed by atoms with Gasteiger partial charge in [0.15, 0.2) is 5.16 Å². The lowest BCUT2D eigenvalue weighted by Gasteiger charge is -2.14. The van der Waals surface area contributed by atoms with Crippen LogP contribution < -0.4 is 10.9 Å². The molecule has 0 radical (unpaired) electrons. The van der Waals surface area contributed by atoms with Crippen LogP contribution in [0.5, 0.6) is 0 Å². The van der Waals surface area contributed by atoms with Crippen LogP contribution in [0.3, 0.4) is 0 Å². The van der Waals surface area contributed by atoms with Crippen molar-refractivity contribution in [3.05, 3.63) is 76.0 Å². The highest BCUT2D eigenvalue weighted by atomic mass is 35.5. The fourth-order valence-electron chi connectivity index (χ4n) is 3.60. The number of thioether (sulfide) groups is 1. The van der Waals surface area contributed by atoms with E-state index in [0.29, 0.717) is 47.3 Å². The van der Waals surface area contributed by atoms with E-state index in [4.69, 9.17) is 16.3 Å². The fraction of sp³-hybridized carbons (Fsp3) is 0.240. The summed E-state index contributed by atoms with van der Waals surface area (Å²) in [6, 6.07) is 18.7. The number of nitrogens with one attached hydrogen (secondary N) is 1. The van der Waals surface area contributed by atoms with Gasteiger partial charge in [-0.3, -0.25) is 14.2 Å². The van der Waals surface area contributed by atoms with Gasteiger partial charge in [-0.05, 0) is 43.0 Å². The van der Waals surface area contributed by atoms with Crippen molar-refractivity contribution < 1.29 is 9.53 Å². The molecular formula is C25H24ClN3O3S. The van der Waals surface area contributed by atoms with Gasteiger partial charge in [-0.15, -0.1) is 0 Å². The number of rotatable bonds is 9. The number of fused-ring (bicyclic) bond motifs is 2. The lowest BCUT2D eigenvalue weighted by atomic mass is 10.1. The van der Waals surface area contributed by atoms with Gasteiger partial charge in [-0.1, -0.05) is 59.8 Å². The van der Waals surface area contributed by atoms with Gasteiger partial charge in [-0.2, -0.15) is 0 Å². The Morgan fingerprint density at radius 3 is 2.79 bits per heavy atom. The topological polar surface area (TPSA) is 73.2 Å². The van der Waals surface area contributed by atoms with E-state index >= 15 is 0 Å². The molecule has 0 aliphatic heterocycles. The molecule has 3 aromatic carbocycles. The smallest absolute Gasteiger partial charge is 0.262 e. The molecule has 0 aliphatic rings. The normalized spacial score (nSPS) is 11.2. The van der Waals surface area contributed by atoms with E-state index in [0.717, 1.165) is 16.5 Å². The third-order valence-corrected chi connectivity index (χ3v) is 6.36. The van der Waals surface area contributed by atoms with Gasteiger partial charge in [0.25, 0.3) is 5.56 Å². The summed E-state index contributed by atoms with van der Waals surface area (Å²) in [7, 11) is 0. The summed E-state index contributed by atoms with van der Waals surface area (Å²) >= 11 is 7.35. The van der Waals surface area contributed by atoms with Gasteiger partial charge < -0.3 is 10.1 Å². The molecule has 0 bridgehead atoms. The van der Waals surface area contributed by atoms with Crippen LogP contribution in [0.4, 0.5) is 5.69 Å². The number of carbonyl (C=O) groups is 1. The predicted molar refractivity (Wildman–Crippen MR) is 135 cm³/mol. The van der Waals surface area contributed by atoms with Gasteiger partial charge in [0.2, 0.25) is 5.91 Å². The molecule has 1 amide bonds. The molecule has 8 heteroatoms. The maximum absolute atomic E-state index is 13.1. The summed E-state index contributed by atoms with van der Waals surface area (Å²) in [5.74, 6) is -0.0506. The summed E-state index contributed by atoms with van der Waals surface area (Å²) in [4.78, 5) is 30.5. The number of halogens is 1. The number of hydrogen-bond acceptors (Lipinski definition) is 5. The molecule has 0 saturated heterocycles. The maximum atomic E-state index is 13.1. The Hall–Kier alpha value is -2.87. The zero-order valence-corrected chi connectivity index (χ0v) is 19.8. The third-order valence-electron chi connectivity index (χ3n) is 5.15. The lowest BCUT2D eigenvalue weighted by Crippen LogP contribution is -2.25. The Bertz CT molecular complexity index is 1350. The van der Waals surface area contributed by atoms with Crippen molar-refractivity contribution in [1.29, 1.82) is 0 Å². The summed E-state index contributed by atoms with van der Waals surface area (Å²) in [5, 5.41) is 6.50. The van der Waals surface area contributed by atoms with Gasteiger partial charge in [0.1, 0.15) is 0 Å². The number of hydrogen-bond donors (Lipinski definition) is 1. The van der Waals surface area contributed by atoms with Crippen molar-refractivity contribution in [2.45, 2.75) is 25.0 Å². The second-order valence-electron chi connectivity index (χ2n) is 7.43. The van der Waals surface area contributed by atoms with Crippen LogP contribution in [0.25, 0.3) is 21.7 Å². The molecule has 4 rings (SSSR count). The molecule has 0 fully saturated rings. The molecule has 4 aromatic rings. The first-order chi connectivity index (χ1) is 16.1. The average Bonchev–Trinajstić information content (AvgIpc) is 2.82. The second-order valence-corrected chi connectivity index (χ2v) is 8.81. The minimum Gasteiger partial charge on any atom is -0.382 e. The van der Waals surface area contributed by atoms with Gasteiger partial charge in [-0.25, -0.2) is 4.98 Å². The monoisotopic (exact) mass is 481 g/mol. The van der Waals surface area contributed by atoms with Crippen LogP contribution in [-0.2, 0) is 16.1 Å². The number of carbonyl (C=O) groups excluding carboxylic acids is 1.